The number of amides is 1. The summed E-state index contributed by atoms with van der Waals surface area (Å²) in [6.45, 7) is 11.9. The van der Waals surface area contributed by atoms with Crippen LogP contribution in [0.1, 0.15) is 53.5 Å². The van der Waals surface area contributed by atoms with Crippen molar-refractivity contribution in [3.63, 3.8) is 0 Å². The molecule has 1 aromatic rings. The minimum absolute atomic E-state index is 0.0349. The Bertz CT molecular complexity index is 929. The van der Waals surface area contributed by atoms with Gasteiger partial charge in [0.15, 0.2) is 0 Å². The van der Waals surface area contributed by atoms with Crippen LogP contribution < -0.4 is 0 Å². The van der Waals surface area contributed by atoms with E-state index < -0.39 is 45.5 Å². The highest BCUT2D eigenvalue weighted by molar-refractivity contribution is 7.86. The molecule has 1 saturated heterocycles. The molecule has 1 aliphatic heterocycles. The number of hydrogen-bond donors (Lipinski definition) is 0. The SMILES string of the molecule is Cc1ccc(S(=O)(=O)OC[C@@H]2C[C@@H](OCC(=O)OC(C)(C)C)CN2C(=O)OC(C)(C)C)cc1. The number of nitrogens with zero attached hydrogens (tertiary/aromatic N) is 1. The smallest absolute Gasteiger partial charge is 0.410 e. The van der Waals surface area contributed by atoms with Gasteiger partial charge in [-0.15, -0.1) is 0 Å². The van der Waals surface area contributed by atoms with Crippen molar-refractivity contribution < 1.29 is 36.4 Å². The van der Waals surface area contributed by atoms with Crippen LogP contribution in [0, 0.1) is 6.92 Å². The first-order valence-corrected chi connectivity index (χ1v) is 12.3. The molecule has 10 heteroatoms. The Morgan fingerprint density at radius 2 is 1.58 bits per heavy atom. The molecule has 0 bridgehead atoms. The van der Waals surface area contributed by atoms with Crippen molar-refractivity contribution in [3.05, 3.63) is 29.8 Å². The molecule has 1 aromatic carbocycles. The predicted octanol–water partition coefficient (Wildman–Crippen LogP) is 3.44. The van der Waals surface area contributed by atoms with Gasteiger partial charge in [0.05, 0.1) is 30.2 Å². The summed E-state index contributed by atoms with van der Waals surface area (Å²) in [5, 5.41) is 0. The van der Waals surface area contributed by atoms with Crippen molar-refractivity contribution in [2.24, 2.45) is 0 Å². The third-order valence-corrected chi connectivity index (χ3v) is 5.88. The normalized spacial score (nSPS) is 19.4. The van der Waals surface area contributed by atoms with E-state index in [0.717, 1.165) is 5.56 Å². The zero-order valence-corrected chi connectivity index (χ0v) is 21.2. The quantitative estimate of drug-likeness (QED) is 0.427. The van der Waals surface area contributed by atoms with Crippen LogP contribution in [0.4, 0.5) is 4.79 Å². The number of carbonyl (C=O) groups is 2. The molecule has 186 valence electrons. The Kier molecular flexibility index (Phi) is 8.53. The molecule has 0 saturated carbocycles. The predicted molar refractivity (Wildman–Crippen MR) is 121 cm³/mol. The summed E-state index contributed by atoms with van der Waals surface area (Å²) in [5.41, 5.74) is -0.448. The van der Waals surface area contributed by atoms with Crippen molar-refractivity contribution in [1.82, 2.24) is 4.90 Å². The number of aryl methyl sites for hydroxylation is 1. The minimum atomic E-state index is -4.01. The van der Waals surface area contributed by atoms with E-state index in [1.807, 2.05) is 6.92 Å². The fraction of sp³-hybridized carbons (Fsp3) is 0.652. The van der Waals surface area contributed by atoms with Gasteiger partial charge in [-0.3, -0.25) is 4.18 Å². The van der Waals surface area contributed by atoms with Crippen LogP contribution in [0.25, 0.3) is 0 Å². The van der Waals surface area contributed by atoms with E-state index in [1.54, 1.807) is 53.7 Å². The first-order chi connectivity index (χ1) is 15.1. The van der Waals surface area contributed by atoms with Crippen molar-refractivity contribution in [1.29, 1.82) is 0 Å². The van der Waals surface area contributed by atoms with Gasteiger partial charge in [-0.05, 0) is 67.0 Å². The zero-order chi connectivity index (χ0) is 25.0. The summed E-state index contributed by atoms with van der Waals surface area (Å²) in [6, 6.07) is 5.69. The number of esters is 1. The van der Waals surface area contributed by atoms with E-state index in [0.29, 0.717) is 0 Å². The maximum Gasteiger partial charge on any atom is 0.410 e. The molecule has 0 radical (unpaired) electrons. The standard InChI is InChI=1S/C23H35NO8S/c1-16-8-10-19(11-9-16)33(27,28)30-14-17-12-18(29-15-20(25)31-22(2,3)4)13-24(17)21(26)32-23(5,6)7/h8-11,17-18H,12-15H2,1-7H3/t17-,18+/m0/s1. The summed E-state index contributed by atoms with van der Waals surface area (Å²) in [4.78, 5) is 26.1. The van der Waals surface area contributed by atoms with Gasteiger partial charge in [0.2, 0.25) is 0 Å². The minimum Gasteiger partial charge on any atom is -0.458 e. The molecule has 33 heavy (non-hydrogen) atoms. The number of hydrogen-bond acceptors (Lipinski definition) is 8. The molecule has 2 rings (SSSR count). The van der Waals surface area contributed by atoms with Gasteiger partial charge in [0, 0.05) is 0 Å². The lowest BCUT2D eigenvalue weighted by Crippen LogP contribution is -2.42. The average molecular weight is 486 g/mol. The van der Waals surface area contributed by atoms with Crippen LogP contribution in [0.15, 0.2) is 29.2 Å². The molecule has 0 unspecified atom stereocenters. The molecular weight excluding hydrogens is 450 g/mol. The van der Waals surface area contributed by atoms with Crippen molar-refractivity contribution in [2.45, 2.75) is 83.1 Å². The summed E-state index contributed by atoms with van der Waals surface area (Å²) in [5.74, 6) is -0.520. The third-order valence-electron chi connectivity index (χ3n) is 4.59. The highest BCUT2D eigenvalue weighted by Gasteiger charge is 2.39. The van der Waals surface area contributed by atoms with Crippen LogP contribution in [0.3, 0.4) is 0 Å². The summed E-state index contributed by atoms with van der Waals surface area (Å²) in [7, 11) is -4.01. The monoisotopic (exact) mass is 485 g/mol. The molecule has 1 fully saturated rings. The number of likely N-dealkylation sites (tertiary alicyclic amines) is 1. The van der Waals surface area contributed by atoms with Gasteiger partial charge in [0.1, 0.15) is 17.8 Å². The Morgan fingerprint density at radius 3 is 2.12 bits per heavy atom. The molecule has 0 spiro atoms. The van der Waals surface area contributed by atoms with Gasteiger partial charge in [-0.25, -0.2) is 9.59 Å². The molecule has 0 aliphatic carbocycles. The van der Waals surface area contributed by atoms with Gasteiger partial charge in [-0.2, -0.15) is 8.42 Å². The summed E-state index contributed by atoms with van der Waals surface area (Å²) in [6.07, 6.45) is -0.821. The second-order valence-corrected chi connectivity index (χ2v) is 11.7. The largest absolute Gasteiger partial charge is 0.458 e. The molecule has 0 aromatic heterocycles. The molecule has 1 amide bonds. The maximum absolute atomic E-state index is 12.7. The second kappa shape index (κ2) is 10.4. The lowest BCUT2D eigenvalue weighted by molar-refractivity contribution is -0.162. The first-order valence-electron chi connectivity index (χ1n) is 10.8. The van der Waals surface area contributed by atoms with Crippen molar-refractivity contribution in [3.8, 4) is 0 Å². The number of rotatable bonds is 7. The van der Waals surface area contributed by atoms with E-state index in [2.05, 4.69) is 0 Å². The topological polar surface area (TPSA) is 108 Å². The van der Waals surface area contributed by atoms with Crippen LogP contribution in [0.2, 0.25) is 0 Å². The fourth-order valence-corrected chi connectivity index (χ4v) is 4.14. The third kappa shape index (κ3) is 8.94. The molecular formula is C23H35NO8S. The van der Waals surface area contributed by atoms with E-state index in [9.17, 15) is 18.0 Å². The van der Waals surface area contributed by atoms with Gasteiger partial charge < -0.3 is 19.1 Å². The van der Waals surface area contributed by atoms with Crippen molar-refractivity contribution in [2.75, 3.05) is 19.8 Å². The lowest BCUT2D eigenvalue weighted by Gasteiger charge is -2.28. The zero-order valence-electron chi connectivity index (χ0n) is 20.4. The lowest BCUT2D eigenvalue weighted by atomic mass is 10.2. The van der Waals surface area contributed by atoms with Gasteiger partial charge in [-0.1, -0.05) is 17.7 Å². The number of benzene rings is 1. The molecule has 0 N–H and O–H groups in total. The van der Waals surface area contributed by atoms with Crippen LogP contribution in [0.5, 0.6) is 0 Å². The highest BCUT2D eigenvalue weighted by Crippen LogP contribution is 2.25. The molecule has 1 heterocycles. The number of ether oxygens (including phenoxy) is 3. The second-order valence-electron chi connectivity index (χ2n) is 10.1. The summed E-state index contributed by atoms with van der Waals surface area (Å²) < 4.78 is 46.8. The van der Waals surface area contributed by atoms with E-state index >= 15 is 0 Å². The van der Waals surface area contributed by atoms with E-state index in [4.69, 9.17) is 18.4 Å². The Hall–Kier alpha value is -2.17. The van der Waals surface area contributed by atoms with Crippen LogP contribution in [-0.4, -0.2) is 68.5 Å². The number of carbonyl (C=O) groups excluding carboxylic acids is 2. The Morgan fingerprint density at radius 1 is 1.00 bits per heavy atom. The van der Waals surface area contributed by atoms with Crippen LogP contribution in [-0.2, 0) is 33.3 Å². The maximum atomic E-state index is 12.7. The molecule has 9 nitrogen and oxygen atoms in total. The molecule has 2 atom stereocenters. The van der Waals surface area contributed by atoms with Crippen LogP contribution >= 0.6 is 0 Å². The van der Waals surface area contributed by atoms with Crippen molar-refractivity contribution >= 4 is 22.2 Å². The highest BCUT2D eigenvalue weighted by atomic mass is 32.2. The molecule has 1 aliphatic rings. The Labute approximate surface area is 196 Å². The van der Waals surface area contributed by atoms with Gasteiger partial charge in [0.25, 0.3) is 10.1 Å². The van der Waals surface area contributed by atoms with Gasteiger partial charge >= 0.3 is 12.1 Å². The summed E-state index contributed by atoms with van der Waals surface area (Å²) >= 11 is 0. The van der Waals surface area contributed by atoms with E-state index in [1.165, 1.54) is 17.0 Å². The van der Waals surface area contributed by atoms with E-state index in [-0.39, 0.29) is 31.1 Å². The Balaban J connectivity index is 2.07. The fourth-order valence-electron chi connectivity index (χ4n) is 3.19. The average Bonchev–Trinajstić information content (AvgIpc) is 3.06. The first kappa shape index (κ1) is 27.1.